The highest BCUT2D eigenvalue weighted by molar-refractivity contribution is 14.1. The topological polar surface area (TPSA) is 29.9 Å². The van der Waals surface area contributed by atoms with Gasteiger partial charge in [0.15, 0.2) is 0 Å². The van der Waals surface area contributed by atoms with Gasteiger partial charge in [-0.1, -0.05) is 6.92 Å². The lowest BCUT2D eigenvalue weighted by Gasteiger charge is -2.16. The number of nitrogens with one attached hydrogen (secondary N) is 1. The van der Waals surface area contributed by atoms with E-state index in [1.54, 1.807) is 0 Å². The molecule has 18 heavy (non-hydrogen) atoms. The summed E-state index contributed by atoms with van der Waals surface area (Å²) in [5, 5.41) is 10.0. The summed E-state index contributed by atoms with van der Waals surface area (Å²) < 4.78 is 3.31. The summed E-state index contributed by atoms with van der Waals surface area (Å²) in [6, 6.07) is 4.83. The lowest BCUT2D eigenvalue weighted by Crippen LogP contribution is -2.21. The van der Waals surface area contributed by atoms with Crippen LogP contribution in [-0.4, -0.2) is 16.3 Å². The SMILES string of the molecule is CCNC(CCc1ccnn1C)c1csc(I)c1. The molecule has 0 aliphatic carbocycles. The van der Waals surface area contributed by atoms with Crippen LogP contribution < -0.4 is 5.32 Å². The van der Waals surface area contributed by atoms with Crippen molar-refractivity contribution in [3.63, 3.8) is 0 Å². The maximum absolute atomic E-state index is 4.21. The van der Waals surface area contributed by atoms with E-state index in [-0.39, 0.29) is 0 Å². The highest BCUT2D eigenvalue weighted by Crippen LogP contribution is 2.25. The number of nitrogens with zero attached hydrogens (tertiary/aromatic N) is 2. The minimum atomic E-state index is 0.449. The smallest absolute Gasteiger partial charge is 0.0656 e. The number of thiophene rings is 1. The van der Waals surface area contributed by atoms with Crippen LogP contribution in [0.5, 0.6) is 0 Å². The molecule has 0 spiro atoms. The van der Waals surface area contributed by atoms with Crippen LogP contribution in [0.4, 0.5) is 0 Å². The Morgan fingerprint density at radius 2 is 2.39 bits per heavy atom. The Kier molecular flexibility index (Phi) is 5.20. The first-order valence-electron chi connectivity index (χ1n) is 6.15. The van der Waals surface area contributed by atoms with E-state index >= 15 is 0 Å². The highest BCUT2D eigenvalue weighted by Gasteiger charge is 2.12. The van der Waals surface area contributed by atoms with Crippen molar-refractivity contribution in [3.05, 3.63) is 37.9 Å². The molecule has 1 N–H and O–H groups in total. The fourth-order valence-electron chi connectivity index (χ4n) is 2.08. The van der Waals surface area contributed by atoms with Crippen LogP contribution >= 0.6 is 33.9 Å². The van der Waals surface area contributed by atoms with Gasteiger partial charge in [-0.25, -0.2) is 0 Å². The first-order valence-corrected chi connectivity index (χ1v) is 8.10. The summed E-state index contributed by atoms with van der Waals surface area (Å²) in [5.74, 6) is 0. The van der Waals surface area contributed by atoms with E-state index in [1.807, 2.05) is 29.3 Å². The maximum Gasteiger partial charge on any atom is 0.0656 e. The summed E-state index contributed by atoms with van der Waals surface area (Å²) in [4.78, 5) is 0. The molecule has 0 aliphatic heterocycles. The molecule has 2 aromatic rings. The van der Waals surface area contributed by atoms with Crippen molar-refractivity contribution in [2.75, 3.05) is 6.54 Å². The van der Waals surface area contributed by atoms with Gasteiger partial charge in [0, 0.05) is 25.0 Å². The molecule has 0 saturated carbocycles. The van der Waals surface area contributed by atoms with Crippen LogP contribution in [0.3, 0.4) is 0 Å². The molecular weight excluding hydrogens is 357 g/mol. The lowest BCUT2D eigenvalue weighted by molar-refractivity contribution is 0.507. The Morgan fingerprint density at radius 1 is 1.56 bits per heavy atom. The van der Waals surface area contributed by atoms with Crippen molar-refractivity contribution in [1.29, 1.82) is 0 Å². The molecular formula is C13H18IN3S. The van der Waals surface area contributed by atoms with Gasteiger partial charge in [0.25, 0.3) is 0 Å². The molecule has 0 fully saturated rings. The third-order valence-corrected chi connectivity index (χ3v) is 4.86. The largest absolute Gasteiger partial charge is 0.310 e. The summed E-state index contributed by atoms with van der Waals surface area (Å²) in [6.45, 7) is 3.16. The van der Waals surface area contributed by atoms with E-state index in [4.69, 9.17) is 0 Å². The van der Waals surface area contributed by atoms with Crippen LogP contribution in [0, 0.1) is 2.88 Å². The average Bonchev–Trinajstić information content (AvgIpc) is 2.94. The zero-order valence-electron chi connectivity index (χ0n) is 10.7. The van der Waals surface area contributed by atoms with Gasteiger partial charge in [0.05, 0.1) is 2.88 Å². The molecule has 0 radical (unpaired) electrons. The minimum absolute atomic E-state index is 0.449. The summed E-state index contributed by atoms with van der Waals surface area (Å²) in [5.41, 5.74) is 2.70. The van der Waals surface area contributed by atoms with Gasteiger partial charge in [-0.05, 0) is 65.1 Å². The van der Waals surface area contributed by atoms with Crippen molar-refractivity contribution in [2.45, 2.75) is 25.8 Å². The van der Waals surface area contributed by atoms with E-state index in [9.17, 15) is 0 Å². The van der Waals surface area contributed by atoms with Crippen molar-refractivity contribution >= 4 is 33.9 Å². The number of rotatable bonds is 6. The third kappa shape index (κ3) is 3.55. The van der Waals surface area contributed by atoms with E-state index in [1.165, 1.54) is 14.1 Å². The van der Waals surface area contributed by atoms with Crippen LogP contribution in [0.2, 0.25) is 0 Å². The Morgan fingerprint density at radius 3 is 2.94 bits per heavy atom. The van der Waals surface area contributed by atoms with E-state index < -0.39 is 0 Å². The average molecular weight is 375 g/mol. The van der Waals surface area contributed by atoms with Crippen LogP contribution in [-0.2, 0) is 13.5 Å². The van der Waals surface area contributed by atoms with Gasteiger partial charge in [-0.3, -0.25) is 4.68 Å². The van der Waals surface area contributed by atoms with E-state index in [0.29, 0.717) is 6.04 Å². The molecule has 0 bridgehead atoms. The summed E-state index contributed by atoms with van der Waals surface area (Å²) in [7, 11) is 2.01. The second-order valence-corrected chi connectivity index (χ2v) is 7.08. The van der Waals surface area contributed by atoms with E-state index in [0.717, 1.165) is 19.4 Å². The van der Waals surface area contributed by atoms with Gasteiger partial charge >= 0.3 is 0 Å². The number of hydrogen-bond donors (Lipinski definition) is 1. The zero-order chi connectivity index (χ0) is 13.0. The predicted molar refractivity (Wildman–Crippen MR) is 85.0 cm³/mol. The molecule has 2 rings (SSSR count). The first kappa shape index (κ1) is 14.0. The Bertz CT molecular complexity index is 492. The Hall–Kier alpha value is -0.400. The van der Waals surface area contributed by atoms with Crippen molar-refractivity contribution < 1.29 is 0 Å². The molecule has 0 amide bonds. The van der Waals surface area contributed by atoms with E-state index in [2.05, 4.69) is 57.4 Å². The lowest BCUT2D eigenvalue weighted by atomic mass is 10.0. The van der Waals surface area contributed by atoms with Crippen LogP contribution in [0.25, 0.3) is 0 Å². The first-order chi connectivity index (χ1) is 8.70. The quantitative estimate of drug-likeness (QED) is 0.785. The number of hydrogen-bond acceptors (Lipinski definition) is 3. The van der Waals surface area contributed by atoms with Gasteiger partial charge in [-0.2, -0.15) is 5.10 Å². The third-order valence-electron chi connectivity index (χ3n) is 3.05. The van der Waals surface area contributed by atoms with Crippen molar-refractivity contribution in [2.24, 2.45) is 7.05 Å². The second kappa shape index (κ2) is 6.68. The predicted octanol–water partition coefficient (Wildman–Crippen LogP) is 3.37. The Balaban J connectivity index is 2.01. The van der Waals surface area contributed by atoms with Gasteiger partial charge < -0.3 is 5.32 Å². The van der Waals surface area contributed by atoms with Crippen molar-refractivity contribution in [1.82, 2.24) is 15.1 Å². The number of aromatic nitrogens is 2. The monoisotopic (exact) mass is 375 g/mol. The molecule has 3 nitrogen and oxygen atoms in total. The molecule has 2 aromatic heterocycles. The summed E-state index contributed by atoms with van der Waals surface area (Å²) in [6.07, 6.45) is 4.03. The normalized spacial score (nSPS) is 12.8. The number of halogens is 1. The second-order valence-electron chi connectivity index (χ2n) is 4.28. The number of aryl methyl sites for hydroxylation is 2. The van der Waals surface area contributed by atoms with Gasteiger partial charge in [0.1, 0.15) is 0 Å². The highest BCUT2D eigenvalue weighted by atomic mass is 127. The molecule has 0 saturated heterocycles. The standard InChI is InChI=1S/C13H18IN3S/c1-3-15-12(10-8-13(14)18-9-10)5-4-11-6-7-16-17(11)2/h6-9,12,15H,3-5H2,1-2H3. The van der Waals surface area contributed by atoms with Crippen LogP contribution in [0.15, 0.2) is 23.7 Å². The van der Waals surface area contributed by atoms with Crippen LogP contribution in [0.1, 0.15) is 30.6 Å². The maximum atomic E-state index is 4.21. The fourth-order valence-corrected chi connectivity index (χ4v) is 3.50. The zero-order valence-corrected chi connectivity index (χ0v) is 13.7. The van der Waals surface area contributed by atoms with Crippen molar-refractivity contribution in [3.8, 4) is 0 Å². The molecule has 1 unspecified atom stereocenters. The molecule has 5 heteroatoms. The summed E-state index contributed by atoms with van der Waals surface area (Å²) >= 11 is 4.20. The minimum Gasteiger partial charge on any atom is -0.310 e. The Labute approximate surface area is 126 Å². The molecule has 1 atom stereocenters. The van der Waals surface area contributed by atoms with Gasteiger partial charge in [-0.15, -0.1) is 11.3 Å². The fraction of sp³-hybridized carbons (Fsp3) is 0.462. The molecule has 0 aliphatic rings. The molecule has 0 aromatic carbocycles. The molecule has 2 heterocycles. The van der Waals surface area contributed by atoms with Gasteiger partial charge in [0.2, 0.25) is 0 Å². The molecule has 98 valence electrons.